The molecule has 3 heterocycles. The van der Waals surface area contributed by atoms with Crippen molar-refractivity contribution in [2.45, 2.75) is 41.0 Å². The molecule has 0 amide bonds. The van der Waals surface area contributed by atoms with Gasteiger partial charge < -0.3 is 10.3 Å². The Labute approximate surface area is 238 Å². The first-order valence-corrected chi connectivity index (χ1v) is 13.5. The Morgan fingerprint density at radius 3 is 2.55 bits per heavy atom. The van der Waals surface area contributed by atoms with Crippen LogP contribution in [0.2, 0.25) is 0 Å². The Hall–Kier alpha value is -4.64. The molecule has 0 aromatic carbocycles. The third kappa shape index (κ3) is 7.26. The van der Waals surface area contributed by atoms with Crippen molar-refractivity contribution in [2.75, 3.05) is 0 Å². The molecule has 0 saturated carbocycles. The van der Waals surface area contributed by atoms with Gasteiger partial charge in [-0.15, -0.1) is 0 Å². The van der Waals surface area contributed by atoms with Crippen molar-refractivity contribution < 1.29 is 0 Å². The van der Waals surface area contributed by atoms with Crippen molar-refractivity contribution in [3.05, 3.63) is 137 Å². The molecule has 0 fully saturated rings. The van der Waals surface area contributed by atoms with Gasteiger partial charge in [-0.05, 0) is 80.2 Å². The highest BCUT2D eigenvalue weighted by Gasteiger charge is 2.15. The Morgan fingerprint density at radius 1 is 1.18 bits per heavy atom. The Kier molecular flexibility index (Phi) is 10.4. The molecule has 0 unspecified atom stereocenters. The molecule has 0 aliphatic rings. The van der Waals surface area contributed by atoms with Crippen LogP contribution in [0.4, 0.5) is 0 Å². The predicted octanol–water partition coefficient (Wildman–Crippen LogP) is 7.03. The van der Waals surface area contributed by atoms with E-state index in [1.165, 1.54) is 0 Å². The lowest BCUT2D eigenvalue weighted by molar-refractivity contribution is 0.622. The van der Waals surface area contributed by atoms with E-state index in [2.05, 4.69) is 84.7 Å². The highest BCUT2D eigenvalue weighted by atomic mass is 15.1. The average molecular weight is 532 g/mol. The third-order valence-corrected chi connectivity index (χ3v) is 6.45. The normalized spacial score (nSPS) is 13.6. The maximum absolute atomic E-state index is 4.69. The van der Waals surface area contributed by atoms with Crippen molar-refractivity contribution in [3.8, 4) is 11.4 Å². The first-order valence-electron chi connectivity index (χ1n) is 13.5. The highest BCUT2D eigenvalue weighted by Crippen LogP contribution is 2.29. The van der Waals surface area contributed by atoms with Crippen molar-refractivity contribution in [2.24, 2.45) is 5.92 Å². The maximum atomic E-state index is 4.69. The molecule has 5 heteroatoms. The predicted molar refractivity (Wildman–Crippen MR) is 171 cm³/mol. The van der Waals surface area contributed by atoms with Crippen LogP contribution in [0.1, 0.15) is 50.9 Å². The van der Waals surface area contributed by atoms with Crippen LogP contribution in [0.25, 0.3) is 29.1 Å². The fraction of sp³-hybridized carbons (Fsp3) is 0.200. The van der Waals surface area contributed by atoms with E-state index < -0.39 is 0 Å². The van der Waals surface area contributed by atoms with E-state index in [9.17, 15) is 0 Å². The van der Waals surface area contributed by atoms with E-state index in [-0.39, 0.29) is 0 Å². The van der Waals surface area contributed by atoms with Gasteiger partial charge in [0.1, 0.15) is 5.69 Å². The SMILES string of the molecule is C=C/C=C(/c1cccnc1)c1cc(-c2n[nH]c(=C/C)/c2=C\C(=C)C(/C=C(\C=C)NC(=C)CC(C)C)=C/C)[nH]c1C. The summed E-state index contributed by atoms with van der Waals surface area (Å²) in [6, 6.07) is 6.11. The first kappa shape index (κ1) is 29.9. The summed E-state index contributed by atoms with van der Waals surface area (Å²) in [4.78, 5) is 7.84. The number of hydrogen-bond acceptors (Lipinski definition) is 3. The Balaban J connectivity index is 2.05. The molecule has 5 nitrogen and oxygen atoms in total. The molecule has 3 aromatic rings. The lowest BCUT2D eigenvalue weighted by Crippen LogP contribution is -2.23. The van der Waals surface area contributed by atoms with Gasteiger partial charge in [-0.3, -0.25) is 10.1 Å². The van der Waals surface area contributed by atoms with Crippen LogP contribution < -0.4 is 15.9 Å². The minimum atomic E-state index is 0.517. The summed E-state index contributed by atoms with van der Waals surface area (Å²) in [6.45, 7) is 26.9. The second-order valence-corrected chi connectivity index (χ2v) is 10.0. The molecule has 0 aliphatic carbocycles. The summed E-state index contributed by atoms with van der Waals surface area (Å²) < 4.78 is 0. The van der Waals surface area contributed by atoms with Crippen LogP contribution in [0.3, 0.4) is 0 Å². The van der Waals surface area contributed by atoms with E-state index in [0.29, 0.717) is 5.92 Å². The molecule has 3 rings (SSSR count). The quantitative estimate of drug-likeness (QED) is 0.220. The monoisotopic (exact) mass is 531 g/mol. The summed E-state index contributed by atoms with van der Waals surface area (Å²) in [5.74, 6) is 0.517. The van der Waals surface area contributed by atoms with Crippen molar-refractivity contribution in [1.29, 1.82) is 0 Å². The maximum Gasteiger partial charge on any atom is 0.116 e. The van der Waals surface area contributed by atoms with Crippen molar-refractivity contribution in [3.63, 3.8) is 0 Å². The summed E-state index contributed by atoms with van der Waals surface area (Å²) in [5, 5.41) is 13.1. The third-order valence-electron chi connectivity index (χ3n) is 6.45. The summed E-state index contributed by atoms with van der Waals surface area (Å²) >= 11 is 0. The van der Waals surface area contributed by atoms with Crippen LogP contribution in [0, 0.1) is 12.8 Å². The minimum Gasteiger partial charge on any atom is -0.359 e. The number of nitrogens with one attached hydrogen (secondary N) is 3. The first-order chi connectivity index (χ1) is 19.2. The second-order valence-electron chi connectivity index (χ2n) is 10.0. The number of nitrogens with zero attached hydrogens (tertiary/aromatic N) is 2. The molecule has 0 atom stereocenters. The van der Waals surface area contributed by atoms with Gasteiger partial charge in [0.15, 0.2) is 0 Å². The molecule has 0 spiro atoms. The zero-order valence-corrected chi connectivity index (χ0v) is 24.4. The Bertz CT molecular complexity index is 1600. The van der Waals surface area contributed by atoms with Crippen LogP contribution in [-0.4, -0.2) is 20.2 Å². The van der Waals surface area contributed by atoms with Gasteiger partial charge in [-0.25, -0.2) is 0 Å². The largest absolute Gasteiger partial charge is 0.359 e. The van der Waals surface area contributed by atoms with Gasteiger partial charge in [-0.2, -0.15) is 5.10 Å². The van der Waals surface area contributed by atoms with Gasteiger partial charge >= 0.3 is 0 Å². The number of H-pyrrole nitrogens is 2. The van der Waals surface area contributed by atoms with Crippen LogP contribution >= 0.6 is 0 Å². The van der Waals surface area contributed by atoms with E-state index in [0.717, 1.165) is 73.3 Å². The van der Waals surface area contributed by atoms with E-state index in [1.54, 1.807) is 18.3 Å². The van der Waals surface area contributed by atoms with E-state index in [1.807, 2.05) is 56.5 Å². The number of pyridine rings is 1. The fourth-order valence-corrected chi connectivity index (χ4v) is 4.56. The van der Waals surface area contributed by atoms with Gasteiger partial charge in [0.05, 0.1) is 11.0 Å². The molecule has 0 aliphatic heterocycles. The number of allylic oxidation sites excluding steroid dienone is 8. The molecule has 3 aromatic heterocycles. The number of aryl methyl sites for hydroxylation is 1. The second kappa shape index (κ2) is 13.9. The van der Waals surface area contributed by atoms with E-state index >= 15 is 0 Å². The van der Waals surface area contributed by atoms with E-state index in [4.69, 9.17) is 0 Å². The van der Waals surface area contributed by atoms with Crippen LogP contribution in [0.15, 0.2) is 110 Å². The number of hydrogen-bond donors (Lipinski definition) is 3. The molecule has 0 saturated heterocycles. The van der Waals surface area contributed by atoms with Gasteiger partial charge in [0.2, 0.25) is 0 Å². The lowest BCUT2D eigenvalue weighted by Gasteiger charge is -2.13. The van der Waals surface area contributed by atoms with Gasteiger partial charge in [0.25, 0.3) is 0 Å². The van der Waals surface area contributed by atoms with Crippen LogP contribution in [-0.2, 0) is 0 Å². The summed E-state index contributed by atoms with van der Waals surface area (Å²) in [6.07, 6.45) is 18.3. The topological polar surface area (TPSA) is 69.4 Å². The average Bonchev–Trinajstić information content (AvgIpc) is 3.52. The molecule has 40 heavy (non-hydrogen) atoms. The molecular formula is C35H41N5. The zero-order valence-electron chi connectivity index (χ0n) is 24.4. The number of rotatable bonds is 12. The number of aromatic nitrogens is 4. The highest BCUT2D eigenvalue weighted by molar-refractivity contribution is 5.84. The molecular weight excluding hydrogens is 490 g/mol. The smallest absolute Gasteiger partial charge is 0.116 e. The summed E-state index contributed by atoms with van der Waals surface area (Å²) in [7, 11) is 0. The standard InChI is InChI=1S/C35H41N5/c1-10-15-30(28-16-14-17-36-22-28)31-21-34(38-26(31)9)35-32(33(13-4)39-40-35)19-24(7)27(11-2)20-29(12-3)37-25(8)18-23(5)6/h10-17,19-23,37-39H,1,3,7-8,18H2,2,4-6,9H3/b27-11+,29-20+,30-15-,32-19+,33-13+. The molecule has 206 valence electrons. The lowest BCUT2D eigenvalue weighted by atomic mass is 9.98. The van der Waals surface area contributed by atoms with Crippen molar-refractivity contribution >= 4 is 17.7 Å². The van der Waals surface area contributed by atoms with Crippen molar-refractivity contribution in [1.82, 2.24) is 25.5 Å². The number of aromatic amines is 2. The van der Waals surface area contributed by atoms with Crippen LogP contribution in [0.5, 0.6) is 0 Å². The van der Waals surface area contributed by atoms with Gasteiger partial charge in [0, 0.05) is 45.8 Å². The fourth-order valence-electron chi connectivity index (χ4n) is 4.56. The van der Waals surface area contributed by atoms with Gasteiger partial charge in [-0.1, -0.05) is 70.5 Å². The molecule has 0 radical (unpaired) electrons. The zero-order chi connectivity index (χ0) is 29.2. The summed E-state index contributed by atoms with van der Waals surface area (Å²) in [5.41, 5.74) is 9.56. The minimum absolute atomic E-state index is 0.517. The molecule has 0 bridgehead atoms. The molecule has 3 N–H and O–H groups in total. The Morgan fingerprint density at radius 2 is 1.95 bits per heavy atom.